The number of hydrogen-bond acceptors (Lipinski definition) is 4. The zero-order valence-electron chi connectivity index (χ0n) is 16.7. The number of guanidine groups is 1. The van der Waals surface area contributed by atoms with Gasteiger partial charge in [-0.25, -0.2) is 4.98 Å². The number of rotatable bonds is 7. The molecule has 2 heterocycles. The van der Waals surface area contributed by atoms with Gasteiger partial charge in [-0.1, -0.05) is 19.1 Å². The molecule has 1 aromatic heterocycles. The number of nitrogens with zero attached hydrogens (tertiary/aromatic N) is 3. The molecule has 1 saturated heterocycles. The molecule has 0 radical (unpaired) electrons. The highest BCUT2D eigenvalue weighted by atomic mass is 32.1. The van der Waals surface area contributed by atoms with E-state index in [2.05, 4.69) is 39.7 Å². The molecule has 1 amide bonds. The Morgan fingerprint density at radius 3 is 2.75 bits per heavy atom. The van der Waals surface area contributed by atoms with E-state index in [0.717, 1.165) is 61.0 Å². The summed E-state index contributed by atoms with van der Waals surface area (Å²) in [6, 6.07) is 8.20. The standard InChI is InChI=1S/C21H29N5OS/c1-3-18-15-24-19(28-18)11-12-23-21(22-2)25-14-16-7-9-17(10-8-16)26-13-5-4-6-20(26)27/h7-10,15H,3-6,11-14H2,1-2H3,(H2,22,23,25). The predicted molar refractivity (Wildman–Crippen MR) is 116 cm³/mol. The average molecular weight is 400 g/mol. The molecule has 0 atom stereocenters. The summed E-state index contributed by atoms with van der Waals surface area (Å²) in [4.78, 5) is 24.0. The van der Waals surface area contributed by atoms with Crippen molar-refractivity contribution in [1.82, 2.24) is 15.6 Å². The van der Waals surface area contributed by atoms with Gasteiger partial charge in [-0.3, -0.25) is 9.79 Å². The number of thiazole rings is 1. The number of nitrogens with one attached hydrogen (secondary N) is 2. The first-order valence-electron chi connectivity index (χ1n) is 9.97. The van der Waals surface area contributed by atoms with Crippen LogP contribution in [-0.4, -0.2) is 37.0 Å². The number of anilines is 1. The Kier molecular flexibility index (Phi) is 7.42. The predicted octanol–water partition coefficient (Wildman–Crippen LogP) is 3.13. The van der Waals surface area contributed by atoms with Gasteiger partial charge in [0, 0.05) is 56.3 Å². The highest BCUT2D eigenvalue weighted by Gasteiger charge is 2.19. The lowest BCUT2D eigenvalue weighted by Gasteiger charge is -2.26. The van der Waals surface area contributed by atoms with Crippen molar-refractivity contribution in [2.24, 2.45) is 4.99 Å². The molecule has 0 aliphatic carbocycles. The van der Waals surface area contributed by atoms with Gasteiger partial charge < -0.3 is 15.5 Å². The summed E-state index contributed by atoms with van der Waals surface area (Å²) >= 11 is 1.78. The molecule has 1 aromatic carbocycles. The molecular weight excluding hydrogens is 370 g/mol. The van der Waals surface area contributed by atoms with E-state index in [1.807, 2.05) is 23.2 Å². The normalized spacial score (nSPS) is 15.0. The second-order valence-corrected chi connectivity index (χ2v) is 8.05. The molecule has 0 spiro atoms. The topological polar surface area (TPSA) is 69.6 Å². The lowest BCUT2D eigenvalue weighted by atomic mass is 10.1. The van der Waals surface area contributed by atoms with Crippen molar-refractivity contribution >= 4 is 28.9 Å². The Hall–Kier alpha value is -2.41. The first-order chi connectivity index (χ1) is 13.7. The van der Waals surface area contributed by atoms with Crippen LogP contribution in [0.15, 0.2) is 35.5 Å². The van der Waals surface area contributed by atoms with Crippen LogP contribution in [-0.2, 0) is 24.2 Å². The third-order valence-electron chi connectivity index (χ3n) is 4.84. The number of amides is 1. The van der Waals surface area contributed by atoms with Gasteiger partial charge in [-0.2, -0.15) is 0 Å². The summed E-state index contributed by atoms with van der Waals surface area (Å²) in [6.45, 7) is 4.46. The fraction of sp³-hybridized carbons (Fsp3) is 0.476. The highest BCUT2D eigenvalue weighted by molar-refractivity contribution is 7.11. The monoisotopic (exact) mass is 399 g/mol. The summed E-state index contributed by atoms with van der Waals surface area (Å²) in [6.07, 6.45) is 6.65. The minimum atomic E-state index is 0.230. The van der Waals surface area contributed by atoms with E-state index in [9.17, 15) is 4.79 Å². The van der Waals surface area contributed by atoms with Crippen molar-refractivity contribution in [3.8, 4) is 0 Å². The fourth-order valence-electron chi connectivity index (χ4n) is 3.19. The number of carbonyl (C=O) groups is 1. The van der Waals surface area contributed by atoms with Gasteiger partial charge in [0.25, 0.3) is 0 Å². The molecule has 1 aliphatic rings. The summed E-state index contributed by atoms with van der Waals surface area (Å²) in [5.74, 6) is 1.01. The van der Waals surface area contributed by atoms with Crippen LogP contribution >= 0.6 is 11.3 Å². The minimum Gasteiger partial charge on any atom is -0.356 e. The molecule has 1 fully saturated rings. The van der Waals surface area contributed by atoms with Crippen LogP contribution in [0, 0.1) is 0 Å². The van der Waals surface area contributed by atoms with Crippen LogP contribution in [0.2, 0.25) is 0 Å². The highest BCUT2D eigenvalue weighted by Crippen LogP contribution is 2.21. The maximum absolute atomic E-state index is 12.0. The van der Waals surface area contributed by atoms with E-state index >= 15 is 0 Å². The number of hydrogen-bond donors (Lipinski definition) is 2. The van der Waals surface area contributed by atoms with Crippen LogP contribution in [0.4, 0.5) is 5.69 Å². The fourth-order valence-corrected chi connectivity index (χ4v) is 4.06. The van der Waals surface area contributed by atoms with Crippen molar-refractivity contribution in [3.05, 3.63) is 45.9 Å². The van der Waals surface area contributed by atoms with Crippen LogP contribution in [0.3, 0.4) is 0 Å². The summed E-state index contributed by atoms with van der Waals surface area (Å²) in [5.41, 5.74) is 2.15. The third kappa shape index (κ3) is 5.55. The Morgan fingerprint density at radius 2 is 2.07 bits per heavy atom. The summed E-state index contributed by atoms with van der Waals surface area (Å²) in [7, 11) is 1.78. The molecule has 28 heavy (non-hydrogen) atoms. The van der Waals surface area contributed by atoms with Crippen molar-refractivity contribution in [2.45, 2.75) is 45.6 Å². The molecule has 150 valence electrons. The number of piperidine rings is 1. The SMILES string of the molecule is CCc1cnc(CCNC(=NC)NCc2ccc(N3CCCCC3=O)cc2)s1. The zero-order valence-corrected chi connectivity index (χ0v) is 17.5. The molecule has 3 rings (SSSR count). The van der Waals surface area contributed by atoms with Gasteiger partial charge in [0.15, 0.2) is 5.96 Å². The summed E-state index contributed by atoms with van der Waals surface area (Å²) < 4.78 is 0. The number of aryl methyl sites for hydroxylation is 1. The second kappa shape index (κ2) is 10.2. The van der Waals surface area contributed by atoms with Crippen LogP contribution < -0.4 is 15.5 Å². The molecular formula is C21H29N5OS. The Labute approximate surface area is 171 Å². The van der Waals surface area contributed by atoms with Gasteiger partial charge in [0.1, 0.15) is 0 Å². The maximum atomic E-state index is 12.0. The minimum absolute atomic E-state index is 0.230. The smallest absolute Gasteiger partial charge is 0.226 e. The molecule has 6 nitrogen and oxygen atoms in total. The largest absolute Gasteiger partial charge is 0.356 e. The van der Waals surface area contributed by atoms with Crippen LogP contribution in [0.5, 0.6) is 0 Å². The van der Waals surface area contributed by atoms with E-state index in [1.165, 1.54) is 4.88 Å². The molecule has 2 N–H and O–H groups in total. The molecule has 0 unspecified atom stereocenters. The van der Waals surface area contributed by atoms with Gasteiger partial charge in [-0.05, 0) is 37.0 Å². The second-order valence-electron chi connectivity index (χ2n) is 6.85. The molecule has 1 aliphatic heterocycles. The Morgan fingerprint density at radius 1 is 1.25 bits per heavy atom. The summed E-state index contributed by atoms with van der Waals surface area (Å²) in [5, 5.41) is 7.83. The van der Waals surface area contributed by atoms with Crippen molar-refractivity contribution in [2.75, 3.05) is 25.0 Å². The van der Waals surface area contributed by atoms with E-state index in [4.69, 9.17) is 0 Å². The van der Waals surface area contributed by atoms with Crippen LogP contribution in [0.1, 0.15) is 41.6 Å². The first kappa shape index (κ1) is 20.3. The van der Waals surface area contributed by atoms with Crippen LogP contribution in [0.25, 0.3) is 0 Å². The average Bonchev–Trinajstić information content (AvgIpc) is 3.19. The van der Waals surface area contributed by atoms with Gasteiger partial charge >= 0.3 is 0 Å². The number of aromatic nitrogens is 1. The van der Waals surface area contributed by atoms with E-state index in [0.29, 0.717) is 13.0 Å². The quantitative estimate of drug-likeness (QED) is 0.554. The molecule has 0 bridgehead atoms. The number of aliphatic imine (C=N–C) groups is 1. The first-order valence-corrected chi connectivity index (χ1v) is 10.8. The van der Waals surface area contributed by atoms with Gasteiger partial charge in [0.05, 0.1) is 5.01 Å². The maximum Gasteiger partial charge on any atom is 0.226 e. The van der Waals surface area contributed by atoms with Crippen molar-refractivity contribution in [1.29, 1.82) is 0 Å². The lowest BCUT2D eigenvalue weighted by Crippen LogP contribution is -2.38. The number of carbonyl (C=O) groups excluding carboxylic acids is 1. The zero-order chi connectivity index (χ0) is 19.8. The molecule has 2 aromatic rings. The number of benzene rings is 1. The van der Waals surface area contributed by atoms with Crippen molar-refractivity contribution in [3.63, 3.8) is 0 Å². The van der Waals surface area contributed by atoms with Gasteiger partial charge in [0.2, 0.25) is 5.91 Å². The Bertz CT molecular complexity index is 799. The van der Waals surface area contributed by atoms with E-state index in [-0.39, 0.29) is 5.91 Å². The van der Waals surface area contributed by atoms with E-state index in [1.54, 1.807) is 18.4 Å². The van der Waals surface area contributed by atoms with Crippen molar-refractivity contribution < 1.29 is 4.79 Å². The Balaban J connectivity index is 1.44. The molecule has 0 saturated carbocycles. The molecule has 7 heteroatoms. The van der Waals surface area contributed by atoms with Gasteiger partial charge in [-0.15, -0.1) is 11.3 Å². The third-order valence-corrected chi connectivity index (χ3v) is 6.04. The van der Waals surface area contributed by atoms with E-state index < -0.39 is 0 Å². The lowest BCUT2D eigenvalue weighted by molar-refractivity contribution is -0.119.